The summed E-state index contributed by atoms with van der Waals surface area (Å²) in [6.45, 7) is 4.01. The molecule has 0 N–H and O–H groups in total. The molecule has 0 aromatic rings. The summed E-state index contributed by atoms with van der Waals surface area (Å²) < 4.78 is 15.6. The fourth-order valence-electron chi connectivity index (χ4n) is 3.42. The zero-order chi connectivity index (χ0) is 20.4. The second kappa shape index (κ2) is 15.8. The van der Waals surface area contributed by atoms with E-state index in [0.29, 0.717) is 59.0 Å². The Morgan fingerprint density at radius 3 is 2.00 bits per heavy atom. The van der Waals surface area contributed by atoms with Gasteiger partial charge in [-0.3, -0.25) is 20.7 Å². The predicted octanol–water partition coefficient (Wildman–Crippen LogP) is 0.230. The Kier molecular flexibility index (Phi) is 15.3. The van der Waals surface area contributed by atoms with Gasteiger partial charge in [-0.15, -0.1) is 5.92 Å². The van der Waals surface area contributed by atoms with Crippen LogP contribution in [0.5, 0.6) is 0 Å². The molecule has 2 atom stereocenters. The molecule has 0 radical (unpaired) electrons. The van der Waals surface area contributed by atoms with Crippen molar-refractivity contribution >= 4 is 24.1 Å². The summed E-state index contributed by atoms with van der Waals surface area (Å²) in [5.74, 6) is -0.993. The average Bonchev–Trinajstić information content (AvgIpc) is 3.24. The van der Waals surface area contributed by atoms with Gasteiger partial charge in [-0.1, -0.05) is 0 Å². The van der Waals surface area contributed by atoms with Crippen LogP contribution in [0.2, 0.25) is 0 Å². The van der Waals surface area contributed by atoms with Crippen molar-refractivity contribution in [3.8, 4) is 0 Å². The first-order chi connectivity index (χ1) is 13.5. The Morgan fingerprint density at radius 2 is 1.50 bits per heavy atom. The number of rotatable bonds is 13. The zero-order valence-electron chi connectivity index (χ0n) is 17.9. The van der Waals surface area contributed by atoms with Gasteiger partial charge in [-0.25, -0.2) is 0 Å². The van der Waals surface area contributed by atoms with E-state index in [1.165, 1.54) is 7.11 Å². The van der Waals surface area contributed by atoms with Gasteiger partial charge in [-0.2, -0.15) is 0 Å². The summed E-state index contributed by atoms with van der Waals surface area (Å²) in [5, 5.41) is 0. The number of amides is 2. The van der Waals surface area contributed by atoms with Crippen LogP contribution in [0.1, 0.15) is 25.7 Å². The van der Waals surface area contributed by atoms with Gasteiger partial charge in [0.1, 0.15) is 0 Å². The van der Waals surface area contributed by atoms with E-state index in [9.17, 15) is 19.2 Å². The van der Waals surface area contributed by atoms with Crippen molar-refractivity contribution in [2.24, 2.45) is 11.8 Å². The van der Waals surface area contributed by atoms with Crippen LogP contribution in [0.25, 0.3) is 0 Å². The number of ether oxygens (including phenoxy) is 3. The first kappa shape index (κ1) is 29.1. The molecule has 2 amide bonds. The van der Waals surface area contributed by atoms with Crippen LogP contribution in [0.15, 0.2) is 0 Å². The number of hydrogen-bond acceptors (Lipinski definition) is 7. The molecule has 168 valence electrons. The minimum atomic E-state index is -0.356. The van der Waals surface area contributed by atoms with Crippen molar-refractivity contribution in [2.45, 2.75) is 25.7 Å². The number of likely N-dealkylation sites (tertiary alicyclic amines) is 2. The predicted molar refractivity (Wildman–Crippen MR) is 104 cm³/mol. The molecule has 0 aromatic carbocycles. The van der Waals surface area contributed by atoms with Crippen molar-refractivity contribution in [2.75, 3.05) is 59.7 Å². The summed E-state index contributed by atoms with van der Waals surface area (Å²) in [7, 11) is 1.33. The van der Waals surface area contributed by atoms with Crippen molar-refractivity contribution in [3.05, 3.63) is 7.43 Å². The summed E-state index contributed by atoms with van der Waals surface area (Å²) in [6.07, 6.45) is 3.79. The van der Waals surface area contributed by atoms with Crippen LogP contribution >= 0.6 is 0 Å². The Bertz CT molecular complexity index is 561. The smallest absolute Gasteiger partial charge is 0.541 e. The number of esters is 1. The molecular weight excluding hydrogens is 618 g/mol. The summed E-state index contributed by atoms with van der Waals surface area (Å²) >= 11 is 0. The van der Waals surface area contributed by atoms with E-state index >= 15 is 0 Å². The molecular formula is C20H32N2O7U. The summed E-state index contributed by atoms with van der Waals surface area (Å²) in [4.78, 5) is 48.9. The standard InChI is InChI=1S/C19H29N2O7.CH3.U/c1-26-19(25)16-11-18(24)21(13-16)5-3-7-28-9-8-27-6-2-4-20-12-15(14-22)10-17(20)23;;/h15-16H,2-13H2,1H3;1H3;/q2*-1;+2. The molecule has 0 spiro atoms. The first-order valence-electron chi connectivity index (χ1n) is 9.71. The second-order valence-electron chi connectivity index (χ2n) is 7.05. The molecule has 0 aliphatic carbocycles. The maximum atomic E-state index is 11.8. The van der Waals surface area contributed by atoms with Gasteiger partial charge < -0.3 is 36.2 Å². The van der Waals surface area contributed by atoms with E-state index < -0.39 is 0 Å². The maximum Gasteiger partial charge on any atom is 2.00 e. The van der Waals surface area contributed by atoms with Gasteiger partial charge >= 0.3 is 37.1 Å². The molecule has 0 saturated carbocycles. The largest absolute Gasteiger partial charge is 2.00 e. The Labute approximate surface area is 202 Å². The first-order valence-corrected chi connectivity index (χ1v) is 9.71. The van der Waals surface area contributed by atoms with Crippen molar-refractivity contribution in [1.82, 2.24) is 9.80 Å². The summed E-state index contributed by atoms with van der Waals surface area (Å²) in [6, 6.07) is 0. The molecule has 9 nitrogen and oxygen atoms in total. The van der Waals surface area contributed by atoms with E-state index in [-0.39, 0.29) is 81.0 Å². The summed E-state index contributed by atoms with van der Waals surface area (Å²) in [5.41, 5.74) is 0. The fourth-order valence-corrected chi connectivity index (χ4v) is 3.42. The van der Waals surface area contributed by atoms with E-state index in [1.54, 1.807) is 9.80 Å². The number of carbonyl (C=O) groups is 3. The molecule has 10 heteroatoms. The molecule has 2 fully saturated rings. The van der Waals surface area contributed by atoms with Gasteiger partial charge in [0.05, 0.1) is 26.2 Å². The molecule has 0 aromatic heterocycles. The Hall–Kier alpha value is -0.948. The minimum absolute atomic E-state index is 0. The van der Waals surface area contributed by atoms with Crippen molar-refractivity contribution in [3.63, 3.8) is 0 Å². The van der Waals surface area contributed by atoms with E-state index in [4.69, 9.17) is 9.47 Å². The third kappa shape index (κ3) is 9.46. The number of hydrogen-bond donors (Lipinski definition) is 0. The van der Waals surface area contributed by atoms with Crippen LogP contribution in [0.4, 0.5) is 0 Å². The van der Waals surface area contributed by atoms with Crippen molar-refractivity contribution in [1.29, 1.82) is 0 Å². The van der Waals surface area contributed by atoms with Gasteiger partial charge in [0.25, 0.3) is 0 Å². The topological polar surface area (TPSA) is 102 Å². The van der Waals surface area contributed by atoms with Crippen LogP contribution < -0.4 is 0 Å². The fraction of sp³-hybridized carbons (Fsp3) is 0.750. The molecule has 2 rings (SSSR count). The minimum Gasteiger partial charge on any atom is -0.541 e. The molecule has 2 saturated heterocycles. The average molecular weight is 651 g/mol. The SMILES string of the molecule is COC(=O)C1CC(=O)N(CCCOCCOCCCN2CC([C-]=O)CC2=O)C1.[CH3-].[U+2]. The molecule has 2 aliphatic heterocycles. The molecule has 2 aliphatic rings. The normalized spacial score (nSPS) is 20.7. The van der Waals surface area contributed by atoms with E-state index in [1.807, 2.05) is 6.29 Å². The zero-order valence-corrected chi connectivity index (χ0v) is 22.1. The Balaban J connectivity index is 0.00000420. The molecule has 2 unspecified atom stereocenters. The van der Waals surface area contributed by atoms with Gasteiger partial charge in [0.15, 0.2) is 0 Å². The van der Waals surface area contributed by atoms with Crippen LogP contribution in [0, 0.1) is 50.4 Å². The van der Waals surface area contributed by atoms with Gasteiger partial charge in [0, 0.05) is 45.7 Å². The molecule has 30 heavy (non-hydrogen) atoms. The monoisotopic (exact) mass is 650 g/mol. The van der Waals surface area contributed by atoms with E-state index in [0.717, 1.165) is 6.42 Å². The van der Waals surface area contributed by atoms with Crippen molar-refractivity contribution < 1.29 is 64.5 Å². The number of methoxy groups -OCH3 is 1. The van der Waals surface area contributed by atoms with Gasteiger partial charge in [-0.05, 0) is 19.4 Å². The quantitative estimate of drug-likeness (QED) is 0.160. The second-order valence-corrected chi connectivity index (χ2v) is 7.05. The number of carbonyl (C=O) groups excluding carboxylic acids is 4. The Morgan fingerprint density at radius 1 is 0.967 bits per heavy atom. The maximum absolute atomic E-state index is 11.8. The van der Waals surface area contributed by atoms with Crippen LogP contribution in [0.3, 0.4) is 0 Å². The van der Waals surface area contributed by atoms with Crippen LogP contribution in [-0.2, 0) is 33.4 Å². The molecule has 0 bridgehead atoms. The molecule has 2 heterocycles. The third-order valence-electron chi connectivity index (χ3n) is 4.94. The number of nitrogens with zero attached hydrogens (tertiary/aromatic N) is 2. The van der Waals surface area contributed by atoms with E-state index in [2.05, 4.69) is 4.74 Å². The third-order valence-corrected chi connectivity index (χ3v) is 4.94. The van der Waals surface area contributed by atoms with Gasteiger partial charge in [0.2, 0.25) is 11.8 Å². The van der Waals surface area contributed by atoms with Crippen LogP contribution in [-0.4, -0.2) is 93.6 Å².